The van der Waals surface area contributed by atoms with Crippen molar-refractivity contribution < 1.29 is 19.4 Å². The van der Waals surface area contributed by atoms with Crippen molar-refractivity contribution in [2.24, 2.45) is 0 Å². The van der Waals surface area contributed by atoms with Gasteiger partial charge in [0.25, 0.3) is 0 Å². The molecule has 1 aromatic carbocycles. The molecule has 6 heteroatoms. The van der Waals surface area contributed by atoms with Crippen LogP contribution in [0.5, 0.6) is 5.75 Å². The van der Waals surface area contributed by atoms with E-state index in [1.54, 1.807) is 6.07 Å². The predicted molar refractivity (Wildman–Crippen MR) is 88.1 cm³/mol. The Morgan fingerprint density at radius 3 is 2.46 bits per heavy atom. The van der Waals surface area contributed by atoms with E-state index in [-0.39, 0.29) is 5.69 Å². The Bertz CT molecular complexity index is 664. The van der Waals surface area contributed by atoms with Crippen molar-refractivity contribution in [3.8, 4) is 5.75 Å². The molecule has 0 amide bonds. The number of pyridine rings is 1. The number of nitrogens with zero attached hydrogens (tertiary/aromatic N) is 2. The molecule has 0 bridgehead atoms. The third-order valence-electron chi connectivity index (χ3n) is 3.89. The van der Waals surface area contributed by atoms with E-state index < -0.39 is 5.97 Å². The smallest absolute Gasteiger partial charge is 0.354 e. The summed E-state index contributed by atoms with van der Waals surface area (Å²) < 4.78 is 11.0. The molecule has 126 valence electrons. The van der Waals surface area contributed by atoms with E-state index in [2.05, 4.69) is 34.1 Å². The number of ether oxygens (including phenoxy) is 2. The molecule has 1 fully saturated rings. The number of benzene rings is 1. The molecule has 0 spiro atoms. The van der Waals surface area contributed by atoms with Gasteiger partial charge in [0.2, 0.25) is 0 Å². The highest BCUT2D eigenvalue weighted by Gasteiger charge is 2.10. The van der Waals surface area contributed by atoms with E-state index in [1.807, 2.05) is 0 Å². The van der Waals surface area contributed by atoms with Gasteiger partial charge in [0, 0.05) is 19.6 Å². The van der Waals surface area contributed by atoms with Gasteiger partial charge in [-0.25, -0.2) is 9.78 Å². The van der Waals surface area contributed by atoms with Crippen LogP contribution in [0.2, 0.25) is 0 Å². The molecule has 0 atom stereocenters. The summed E-state index contributed by atoms with van der Waals surface area (Å²) in [6, 6.07) is 11.4. The van der Waals surface area contributed by atoms with Crippen LogP contribution in [0.4, 0.5) is 0 Å². The summed E-state index contributed by atoms with van der Waals surface area (Å²) in [5.41, 5.74) is 2.34. The van der Waals surface area contributed by atoms with Crippen molar-refractivity contribution in [1.29, 1.82) is 0 Å². The number of aromatic carboxylic acids is 1. The minimum absolute atomic E-state index is 0.00909. The Morgan fingerprint density at radius 1 is 1.12 bits per heavy atom. The first-order valence-electron chi connectivity index (χ1n) is 7.91. The molecular formula is C18H20N2O4. The van der Waals surface area contributed by atoms with E-state index >= 15 is 0 Å². The SMILES string of the molecule is O=C(O)c1ccc(OCc2ccc(CN3CCOCC3)cc2)cn1. The number of hydrogen-bond acceptors (Lipinski definition) is 5. The summed E-state index contributed by atoms with van der Waals surface area (Å²) in [5, 5.41) is 8.81. The Kier molecular flexibility index (Phi) is 5.40. The molecule has 2 heterocycles. The van der Waals surface area contributed by atoms with Crippen LogP contribution < -0.4 is 4.74 Å². The normalized spacial score (nSPS) is 15.2. The Morgan fingerprint density at radius 2 is 1.83 bits per heavy atom. The molecule has 24 heavy (non-hydrogen) atoms. The molecule has 6 nitrogen and oxygen atoms in total. The standard InChI is InChI=1S/C18H20N2O4/c21-18(22)17-6-5-16(11-19-17)24-13-15-3-1-14(2-4-15)12-20-7-9-23-10-8-20/h1-6,11H,7-10,12-13H2,(H,21,22). The quantitative estimate of drug-likeness (QED) is 0.876. The summed E-state index contributed by atoms with van der Waals surface area (Å²) in [7, 11) is 0. The maximum absolute atomic E-state index is 10.8. The van der Waals surface area contributed by atoms with Gasteiger partial charge in [-0.15, -0.1) is 0 Å². The summed E-state index contributed by atoms with van der Waals surface area (Å²) in [6.07, 6.45) is 1.43. The fourth-order valence-corrected chi connectivity index (χ4v) is 2.52. The number of aromatic nitrogens is 1. The van der Waals surface area contributed by atoms with Crippen LogP contribution in [-0.4, -0.2) is 47.3 Å². The lowest BCUT2D eigenvalue weighted by atomic mass is 10.1. The molecule has 0 saturated carbocycles. The fraction of sp³-hybridized carbons (Fsp3) is 0.333. The van der Waals surface area contributed by atoms with Crippen LogP contribution >= 0.6 is 0 Å². The van der Waals surface area contributed by atoms with Gasteiger partial charge in [-0.2, -0.15) is 0 Å². The zero-order chi connectivity index (χ0) is 16.8. The van der Waals surface area contributed by atoms with Crippen LogP contribution in [0.3, 0.4) is 0 Å². The largest absolute Gasteiger partial charge is 0.487 e. The first-order chi connectivity index (χ1) is 11.7. The second-order valence-electron chi connectivity index (χ2n) is 5.68. The van der Waals surface area contributed by atoms with E-state index in [0.29, 0.717) is 12.4 Å². The van der Waals surface area contributed by atoms with Crippen LogP contribution in [0.25, 0.3) is 0 Å². The summed E-state index contributed by atoms with van der Waals surface area (Å²) in [6.45, 7) is 4.92. The third-order valence-corrected chi connectivity index (χ3v) is 3.89. The van der Waals surface area contributed by atoms with E-state index in [0.717, 1.165) is 38.4 Å². The van der Waals surface area contributed by atoms with E-state index in [4.69, 9.17) is 14.6 Å². The van der Waals surface area contributed by atoms with Gasteiger partial charge in [-0.1, -0.05) is 24.3 Å². The predicted octanol–water partition coefficient (Wildman–Crippen LogP) is 2.19. The van der Waals surface area contributed by atoms with Gasteiger partial charge in [0.1, 0.15) is 18.1 Å². The van der Waals surface area contributed by atoms with Gasteiger partial charge < -0.3 is 14.6 Å². The zero-order valence-electron chi connectivity index (χ0n) is 13.4. The summed E-state index contributed by atoms with van der Waals surface area (Å²) >= 11 is 0. The third kappa shape index (κ3) is 4.53. The molecule has 1 aliphatic rings. The lowest BCUT2D eigenvalue weighted by molar-refractivity contribution is 0.0342. The van der Waals surface area contributed by atoms with Gasteiger partial charge in [-0.3, -0.25) is 4.90 Å². The van der Waals surface area contributed by atoms with E-state index in [1.165, 1.54) is 17.8 Å². The molecule has 1 aliphatic heterocycles. The van der Waals surface area contributed by atoms with Crippen molar-refractivity contribution in [2.45, 2.75) is 13.2 Å². The summed E-state index contributed by atoms with van der Waals surface area (Å²) in [5.74, 6) is -0.491. The van der Waals surface area contributed by atoms with Crippen molar-refractivity contribution in [3.05, 3.63) is 59.4 Å². The van der Waals surface area contributed by atoms with Crippen LogP contribution in [0.1, 0.15) is 21.6 Å². The van der Waals surface area contributed by atoms with Crippen LogP contribution in [-0.2, 0) is 17.9 Å². The number of hydrogen-bond donors (Lipinski definition) is 1. The molecule has 2 aromatic rings. The van der Waals surface area contributed by atoms with Crippen molar-refractivity contribution in [3.63, 3.8) is 0 Å². The zero-order valence-corrected chi connectivity index (χ0v) is 13.4. The number of carboxylic acid groups (broad SMARTS) is 1. The second-order valence-corrected chi connectivity index (χ2v) is 5.68. The highest BCUT2D eigenvalue weighted by Crippen LogP contribution is 2.14. The lowest BCUT2D eigenvalue weighted by Crippen LogP contribution is -2.35. The molecule has 1 saturated heterocycles. The van der Waals surface area contributed by atoms with Gasteiger partial charge in [-0.05, 0) is 23.3 Å². The number of morpholine rings is 1. The average molecular weight is 328 g/mol. The fourth-order valence-electron chi connectivity index (χ4n) is 2.52. The minimum Gasteiger partial charge on any atom is -0.487 e. The number of carboxylic acids is 1. The first kappa shape index (κ1) is 16.4. The average Bonchev–Trinajstić information content (AvgIpc) is 2.62. The summed E-state index contributed by atoms with van der Waals surface area (Å²) in [4.78, 5) is 17.0. The molecule has 0 unspecified atom stereocenters. The lowest BCUT2D eigenvalue weighted by Gasteiger charge is -2.26. The van der Waals surface area contributed by atoms with Crippen molar-refractivity contribution in [2.75, 3.05) is 26.3 Å². The molecule has 1 aromatic heterocycles. The maximum atomic E-state index is 10.8. The van der Waals surface area contributed by atoms with Crippen LogP contribution in [0, 0.1) is 0 Å². The maximum Gasteiger partial charge on any atom is 0.354 e. The van der Waals surface area contributed by atoms with Gasteiger partial charge in [0.05, 0.1) is 19.4 Å². The van der Waals surface area contributed by atoms with Crippen molar-refractivity contribution in [1.82, 2.24) is 9.88 Å². The van der Waals surface area contributed by atoms with Crippen molar-refractivity contribution >= 4 is 5.97 Å². The Labute approximate surface area is 140 Å². The highest BCUT2D eigenvalue weighted by atomic mass is 16.5. The minimum atomic E-state index is -1.04. The van der Waals surface area contributed by atoms with Gasteiger partial charge in [0.15, 0.2) is 0 Å². The molecule has 0 aliphatic carbocycles. The molecular weight excluding hydrogens is 308 g/mol. The topological polar surface area (TPSA) is 71.9 Å². The van der Waals surface area contributed by atoms with Gasteiger partial charge >= 0.3 is 5.97 Å². The molecule has 1 N–H and O–H groups in total. The Balaban J connectivity index is 1.51. The number of rotatable bonds is 6. The second kappa shape index (κ2) is 7.90. The monoisotopic (exact) mass is 328 g/mol. The first-order valence-corrected chi connectivity index (χ1v) is 7.91. The molecule has 3 rings (SSSR count). The van der Waals surface area contributed by atoms with E-state index in [9.17, 15) is 4.79 Å². The van der Waals surface area contributed by atoms with Crippen LogP contribution in [0.15, 0.2) is 42.6 Å². The number of carbonyl (C=O) groups is 1. The highest BCUT2D eigenvalue weighted by molar-refractivity contribution is 5.85. The molecule has 0 radical (unpaired) electrons. The Hall–Kier alpha value is -2.44.